The molecule has 1 rings (SSSR count). The number of hydrogen-bond donors (Lipinski definition) is 2. The number of nitrogens with one attached hydrogen (secondary N) is 1. The van der Waals surface area contributed by atoms with Crippen LogP contribution in [0.25, 0.3) is 0 Å². The summed E-state index contributed by atoms with van der Waals surface area (Å²) in [5.74, 6) is -0.367. The van der Waals surface area contributed by atoms with E-state index in [0.717, 1.165) is 0 Å². The summed E-state index contributed by atoms with van der Waals surface area (Å²) in [6.45, 7) is 0.138. The molecule has 0 saturated carbocycles. The molecular formula is C9H12BrFN2O2. The smallest absolute Gasteiger partial charge is 0.166 e. The molecule has 0 aromatic carbocycles. The number of aliphatic hydroxyl groups excluding tert-OH is 1. The van der Waals surface area contributed by atoms with Crippen molar-refractivity contribution < 1.29 is 14.2 Å². The van der Waals surface area contributed by atoms with Crippen LogP contribution in [0.15, 0.2) is 16.7 Å². The summed E-state index contributed by atoms with van der Waals surface area (Å²) < 4.78 is 18.7. The predicted octanol–water partition coefficient (Wildman–Crippen LogP) is 1.40. The van der Waals surface area contributed by atoms with E-state index in [4.69, 9.17) is 9.84 Å². The van der Waals surface area contributed by atoms with Crippen LogP contribution < -0.4 is 5.32 Å². The normalized spacial score (nSPS) is 12.5. The standard InChI is InChI=1S/C9H12BrFN2O2/c1-15-5-7(4-14)13-9-8(11)2-6(10)3-12-9/h2-3,7,14H,4-5H2,1H3,(H,12,13). The molecule has 1 aromatic heterocycles. The molecule has 0 aliphatic carbocycles. The minimum atomic E-state index is -0.473. The topological polar surface area (TPSA) is 54.4 Å². The van der Waals surface area contributed by atoms with Crippen molar-refractivity contribution in [1.82, 2.24) is 4.98 Å². The molecule has 2 N–H and O–H groups in total. The highest BCUT2D eigenvalue weighted by Crippen LogP contribution is 2.16. The number of pyridine rings is 1. The van der Waals surface area contributed by atoms with Crippen LogP contribution in [-0.4, -0.2) is 36.5 Å². The van der Waals surface area contributed by atoms with E-state index >= 15 is 0 Å². The molecule has 0 bridgehead atoms. The first kappa shape index (κ1) is 12.4. The largest absolute Gasteiger partial charge is 0.394 e. The van der Waals surface area contributed by atoms with Crippen LogP contribution >= 0.6 is 15.9 Å². The fourth-order valence-corrected chi connectivity index (χ4v) is 1.36. The number of hydrogen-bond acceptors (Lipinski definition) is 4. The highest BCUT2D eigenvalue weighted by molar-refractivity contribution is 9.10. The van der Waals surface area contributed by atoms with Crippen molar-refractivity contribution >= 4 is 21.7 Å². The van der Waals surface area contributed by atoms with E-state index in [1.165, 1.54) is 19.4 Å². The van der Waals surface area contributed by atoms with Gasteiger partial charge in [0.05, 0.1) is 19.3 Å². The minimum Gasteiger partial charge on any atom is -0.394 e. The molecule has 0 saturated heterocycles. The van der Waals surface area contributed by atoms with Crippen LogP contribution in [0.2, 0.25) is 0 Å². The van der Waals surface area contributed by atoms with Gasteiger partial charge in [0.2, 0.25) is 0 Å². The van der Waals surface area contributed by atoms with E-state index in [9.17, 15) is 4.39 Å². The number of rotatable bonds is 5. The lowest BCUT2D eigenvalue weighted by atomic mass is 10.3. The van der Waals surface area contributed by atoms with Crippen molar-refractivity contribution in [2.75, 3.05) is 25.6 Å². The summed E-state index contributed by atoms with van der Waals surface area (Å²) in [6.07, 6.45) is 1.48. The molecule has 1 unspecified atom stereocenters. The summed E-state index contributed by atoms with van der Waals surface area (Å²) in [7, 11) is 1.51. The Bertz CT molecular complexity index is 325. The van der Waals surface area contributed by atoms with Gasteiger partial charge in [-0.15, -0.1) is 0 Å². The summed E-state index contributed by atoms with van der Waals surface area (Å²) in [5.41, 5.74) is 0. The number of ether oxygens (including phenoxy) is 1. The third-order valence-corrected chi connectivity index (χ3v) is 2.17. The fourth-order valence-electron chi connectivity index (χ4n) is 1.06. The van der Waals surface area contributed by atoms with Gasteiger partial charge >= 0.3 is 0 Å². The van der Waals surface area contributed by atoms with Crippen LogP contribution in [0.4, 0.5) is 10.2 Å². The number of halogens is 2. The summed E-state index contributed by atoms with van der Waals surface area (Å²) in [6, 6.07) is 0.939. The van der Waals surface area contributed by atoms with Crippen LogP contribution in [0, 0.1) is 5.82 Å². The van der Waals surface area contributed by atoms with Gasteiger partial charge in [0.15, 0.2) is 11.6 Å². The Morgan fingerprint density at radius 1 is 1.73 bits per heavy atom. The molecule has 15 heavy (non-hydrogen) atoms. The number of nitrogens with zero attached hydrogens (tertiary/aromatic N) is 1. The van der Waals surface area contributed by atoms with Crippen LogP contribution in [0.1, 0.15) is 0 Å². The predicted molar refractivity (Wildman–Crippen MR) is 58.3 cm³/mol. The molecule has 4 nitrogen and oxygen atoms in total. The van der Waals surface area contributed by atoms with Gasteiger partial charge < -0.3 is 15.2 Å². The average Bonchev–Trinajstić information content (AvgIpc) is 2.21. The highest BCUT2D eigenvalue weighted by atomic mass is 79.9. The maximum Gasteiger partial charge on any atom is 0.166 e. The number of anilines is 1. The summed E-state index contributed by atoms with van der Waals surface area (Å²) in [4.78, 5) is 3.85. The van der Waals surface area contributed by atoms with Crippen LogP contribution in [0.3, 0.4) is 0 Å². The van der Waals surface area contributed by atoms with Crippen molar-refractivity contribution in [2.24, 2.45) is 0 Å². The Balaban J connectivity index is 2.70. The molecule has 6 heteroatoms. The Kier molecular flexibility index (Phi) is 4.93. The minimum absolute atomic E-state index is 0.106. The first-order valence-corrected chi connectivity index (χ1v) is 5.14. The van der Waals surface area contributed by atoms with E-state index in [1.54, 1.807) is 0 Å². The zero-order valence-electron chi connectivity index (χ0n) is 8.20. The molecule has 0 aliphatic heterocycles. The van der Waals surface area contributed by atoms with E-state index in [0.29, 0.717) is 4.47 Å². The Morgan fingerprint density at radius 3 is 3.00 bits per heavy atom. The molecular weight excluding hydrogens is 267 g/mol. The van der Waals surface area contributed by atoms with E-state index in [-0.39, 0.29) is 25.1 Å². The molecule has 1 atom stereocenters. The summed E-state index contributed by atoms with van der Waals surface area (Å²) in [5, 5.41) is 11.7. The van der Waals surface area contributed by atoms with Gasteiger partial charge in [0.25, 0.3) is 0 Å². The van der Waals surface area contributed by atoms with Crippen LogP contribution in [0.5, 0.6) is 0 Å². The van der Waals surface area contributed by atoms with Gasteiger partial charge in [0, 0.05) is 17.8 Å². The highest BCUT2D eigenvalue weighted by Gasteiger charge is 2.11. The van der Waals surface area contributed by atoms with Gasteiger partial charge in [-0.1, -0.05) is 0 Å². The van der Waals surface area contributed by atoms with E-state index < -0.39 is 5.82 Å². The summed E-state index contributed by atoms with van der Waals surface area (Å²) >= 11 is 3.11. The zero-order chi connectivity index (χ0) is 11.3. The Morgan fingerprint density at radius 2 is 2.47 bits per heavy atom. The molecule has 0 spiro atoms. The lowest BCUT2D eigenvalue weighted by Crippen LogP contribution is -2.29. The zero-order valence-corrected chi connectivity index (χ0v) is 9.79. The molecule has 0 amide bonds. The SMILES string of the molecule is COCC(CO)Nc1ncc(Br)cc1F. The van der Waals surface area contributed by atoms with Crippen molar-refractivity contribution in [2.45, 2.75) is 6.04 Å². The molecule has 0 aliphatic rings. The molecule has 0 fully saturated rings. The third kappa shape index (κ3) is 3.73. The molecule has 1 heterocycles. The van der Waals surface area contributed by atoms with Gasteiger partial charge in [-0.25, -0.2) is 9.37 Å². The lowest BCUT2D eigenvalue weighted by Gasteiger charge is -2.16. The van der Waals surface area contributed by atoms with Gasteiger partial charge in [-0.2, -0.15) is 0 Å². The van der Waals surface area contributed by atoms with E-state index in [1.807, 2.05) is 0 Å². The first-order valence-electron chi connectivity index (χ1n) is 4.34. The second kappa shape index (κ2) is 5.99. The van der Waals surface area contributed by atoms with Gasteiger partial charge in [-0.3, -0.25) is 0 Å². The second-order valence-corrected chi connectivity index (χ2v) is 3.88. The Labute approximate surface area is 95.6 Å². The fraction of sp³-hybridized carbons (Fsp3) is 0.444. The lowest BCUT2D eigenvalue weighted by molar-refractivity contribution is 0.153. The van der Waals surface area contributed by atoms with Crippen molar-refractivity contribution in [1.29, 1.82) is 0 Å². The maximum absolute atomic E-state index is 13.3. The monoisotopic (exact) mass is 278 g/mol. The first-order chi connectivity index (χ1) is 7.17. The van der Waals surface area contributed by atoms with E-state index in [2.05, 4.69) is 26.2 Å². The van der Waals surface area contributed by atoms with Crippen molar-refractivity contribution in [3.63, 3.8) is 0 Å². The maximum atomic E-state index is 13.3. The molecule has 1 aromatic rings. The number of methoxy groups -OCH3 is 1. The average molecular weight is 279 g/mol. The number of aromatic nitrogens is 1. The van der Waals surface area contributed by atoms with Crippen LogP contribution in [-0.2, 0) is 4.74 Å². The number of aliphatic hydroxyl groups is 1. The quantitative estimate of drug-likeness (QED) is 0.855. The van der Waals surface area contributed by atoms with Gasteiger partial charge in [-0.05, 0) is 22.0 Å². The van der Waals surface area contributed by atoms with Crippen molar-refractivity contribution in [3.05, 3.63) is 22.6 Å². The van der Waals surface area contributed by atoms with Gasteiger partial charge in [0.1, 0.15) is 0 Å². The second-order valence-electron chi connectivity index (χ2n) is 2.96. The third-order valence-electron chi connectivity index (χ3n) is 1.74. The molecule has 0 radical (unpaired) electrons. The van der Waals surface area contributed by atoms with Crippen molar-refractivity contribution in [3.8, 4) is 0 Å². The molecule has 84 valence electrons. The Hall–Kier alpha value is -0.720.